The number of likely N-dealkylation sites (tertiary alicyclic amines) is 1. The Balaban J connectivity index is 1.83. The maximum absolute atomic E-state index is 12.8. The van der Waals surface area contributed by atoms with Gasteiger partial charge in [0.05, 0.1) is 5.52 Å². The molecule has 0 spiro atoms. The fourth-order valence-electron chi connectivity index (χ4n) is 3.26. The highest BCUT2D eigenvalue weighted by Gasteiger charge is 2.28. The van der Waals surface area contributed by atoms with Gasteiger partial charge >= 0.3 is 0 Å². The Morgan fingerprint density at radius 2 is 2.23 bits per heavy atom. The van der Waals surface area contributed by atoms with E-state index in [1.54, 1.807) is 0 Å². The van der Waals surface area contributed by atoms with E-state index < -0.39 is 0 Å². The molecule has 1 aliphatic rings. The zero-order valence-electron chi connectivity index (χ0n) is 13.0. The molecule has 2 heterocycles. The van der Waals surface area contributed by atoms with Gasteiger partial charge in [0.2, 0.25) is 0 Å². The van der Waals surface area contributed by atoms with Crippen LogP contribution in [0.5, 0.6) is 0 Å². The van der Waals surface area contributed by atoms with Gasteiger partial charge in [-0.3, -0.25) is 9.78 Å². The lowest BCUT2D eigenvalue weighted by atomic mass is 10.1. The van der Waals surface area contributed by atoms with Crippen molar-refractivity contribution in [3.63, 3.8) is 0 Å². The average Bonchev–Trinajstić information content (AvgIpc) is 3.00. The molecule has 1 aromatic heterocycles. The fourth-order valence-corrected chi connectivity index (χ4v) is 3.26. The molecular weight excluding hydrogens is 276 g/mol. The van der Waals surface area contributed by atoms with Crippen molar-refractivity contribution in [3.8, 4) is 0 Å². The number of fused-ring (bicyclic) bond motifs is 1. The van der Waals surface area contributed by atoms with Gasteiger partial charge in [-0.2, -0.15) is 0 Å². The fraction of sp³-hybridized carbons (Fsp3) is 0.444. The lowest BCUT2D eigenvalue weighted by Crippen LogP contribution is -2.35. The third-order valence-corrected chi connectivity index (χ3v) is 4.41. The van der Waals surface area contributed by atoms with E-state index in [4.69, 9.17) is 5.11 Å². The Kier molecular flexibility index (Phi) is 4.39. The van der Waals surface area contributed by atoms with Gasteiger partial charge in [-0.15, -0.1) is 0 Å². The first kappa shape index (κ1) is 15.0. The molecule has 116 valence electrons. The Morgan fingerprint density at radius 3 is 3.05 bits per heavy atom. The zero-order chi connectivity index (χ0) is 15.5. The van der Waals surface area contributed by atoms with Crippen LogP contribution in [0.4, 0.5) is 0 Å². The molecule has 2 aromatic rings. The van der Waals surface area contributed by atoms with Crippen LogP contribution in [0.3, 0.4) is 0 Å². The number of aliphatic hydroxyl groups excluding tert-OH is 1. The van der Waals surface area contributed by atoms with Gasteiger partial charge in [-0.25, -0.2) is 0 Å². The molecule has 0 bridgehead atoms. The van der Waals surface area contributed by atoms with Gasteiger partial charge in [0.15, 0.2) is 0 Å². The van der Waals surface area contributed by atoms with E-state index in [1.807, 2.05) is 42.2 Å². The van der Waals surface area contributed by atoms with Gasteiger partial charge in [0, 0.05) is 35.8 Å². The summed E-state index contributed by atoms with van der Waals surface area (Å²) in [7, 11) is 0. The van der Waals surface area contributed by atoms with E-state index >= 15 is 0 Å². The largest absolute Gasteiger partial charge is 0.396 e. The number of amides is 1. The van der Waals surface area contributed by atoms with Crippen molar-refractivity contribution in [2.45, 2.75) is 38.6 Å². The second-order valence-electron chi connectivity index (χ2n) is 6.02. The first-order valence-corrected chi connectivity index (χ1v) is 7.98. The van der Waals surface area contributed by atoms with Crippen LogP contribution in [0, 0.1) is 6.92 Å². The Labute approximate surface area is 130 Å². The molecule has 3 rings (SSSR count). The number of pyridine rings is 1. The van der Waals surface area contributed by atoms with Crippen molar-refractivity contribution in [2.75, 3.05) is 13.2 Å². The predicted molar refractivity (Wildman–Crippen MR) is 86.9 cm³/mol. The van der Waals surface area contributed by atoms with E-state index in [2.05, 4.69) is 4.98 Å². The standard InChI is InChI=1S/C18H22N2O2/c1-13-6-7-14-12-15(8-9-17(14)19-13)18(22)20-10-2-4-16(20)5-3-11-21/h6-9,12,16,21H,2-5,10-11H2,1H3. The molecular formula is C18H22N2O2. The van der Waals surface area contributed by atoms with Crippen LogP contribution in [-0.4, -0.2) is 40.1 Å². The summed E-state index contributed by atoms with van der Waals surface area (Å²) in [6.07, 6.45) is 3.74. The molecule has 1 unspecified atom stereocenters. The SMILES string of the molecule is Cc1ccc2cc(C(=O)N3CCCC3CCCO)ccc2n1. The van der Waals surface area contributed by atoms with Crippen molar-refractivity contribution in [2.24, 2.45) is 0 Å². The van der Waals surface area contributed by atoms with Gasteiger partial charge < -0.3 is 10.0 Å². The maximum Gasteiger partial charge on any atom is 0.254 e. The van der Waals surface area contributed by atoms with Crippen molar-refractivity contribution in [3.05, 3.63) is 41.6 Å². The molecule has 1 saturated heterocycles. The van der Waals surface area contributed by atoms with Crippen LogP contribution in [0.15, 0.2) is 30.3 Å². The predicted octanol–water partition coefficient (Wildman–Crippen LogP) is 2.92. The summed E-state index contributed by atoms with van der Waals surface area (Å²) in [5.74, 6) is 0.0999. The Morgan fingerprint density at radius 1 is 1.36 bits per heavy atom. The highest BCUT2D eigenvalue weighted by molar-refractivity contribution is 5.98. The molecule has 1 N–H and O–H groups in total. The molecule has 0 saturated carbocycles. The van der Waals surface area contributed by atoms with E-state index in [0.29, 0.717) is 0 Å². The van der Waals surface area contributed by atoms with E-state index in [-0.39, 0.29) is 18.6 Å². The maximum atomic E-state index is 12.8. The monoisotopic (exact) mass is 298 g/mol. The molecule has 1 atom stereocenters. The molecule has 1 fully saturated rings. The summed E-state index contributed by atoms with van der Waals surface area (Å²) < 4.78 is 0. The van der Waals surface area contributed by atoms with Crippen LogP contribution in [0.1, 0.15) is 41.7 Å². The second kappa shape index (κ2) is 6.44. The van der Waals surface area contributed by atoms with E-state index in [0.717, 1.165) is 54.4 Å². The smallest absolute Gasteiger partial charge is 0.254 e. The van der Waals surface area contributed by atoms with Crippen LogP contribution in [0.25, 0.3) is 10.9 Å². The van der Waals surface area contributed by atoms with E-state index in [9.17, 15) is 4.79 Å². The number of carbonyl (C=O) groups is 1. The minimum absolute atomic E-state index is 0.0999. The van der Waals surface area contributed by atoms with Crippen molar-refractivity contribution >= 4 is 16.8 Å². The number of carbonyl (C=O) groups excluding carboxylic acids is 1. The highest BCUT2D eigenvalue weighted by Crippen LogP contribution is 2.24. The molecule has 4 heteroatoms. The van der Waals surface area contributed by atoms with Gasteiger partial charge in [0.25, 0.3) is 5.91 Å². The summed E-state index contributed by atoms with van der Waals surface area (Å²) >= 11 is 0. The topological polar surface area (TPSA) is 53.4 Å². The minimum atomic E-state index is 0.0999. The minimum Gasteiger partial charge on any atom is -0.396 e. The van der Waals surface area contributed by atoms with Gasteiger partial charge in [-0.1, -0.05) is 6.07 Å². The zero-order valence-corrected chi connectivity index (χ0v) is 13.0. The number of aliphatic hydroxyl groups is 1. The Bertz CT molecular complexity index is 684. The number of hydrogen-bond acceptors (Lipinski definition) is 3. The molecule has 0 aliphatic carbocycles. The molecule has 0 radical (unpaired) electrons. The quantitative estimate of drug-likeness (QED) is 0.944. The van der Waals surface area contributed by atoms with E-state index in [1.165, 1.54) is 0 Å². The number of benzene rings is 1. The van der Waals surface area contributed by atoms with Crippen LogP contribution >= 0.6 is 0 Å². The van der Waals surface area contributed by atoms with Crippen LogP contribution in [0.2, 0.25) is 0 Å². The number of aromatic nitrogens is 1. The van der Waals surface area contributed by atoms with Gasteiger partial charge in [-0.05, 0) is 56.9 Å². The molecule has 1 aromatic carbocycles. The first-order valence-electron chi connectivity index (χ1n) is 7.98. The van der Waals surface area contributed by atoms with Crippen molar-refractivity contribution < 1.29 is 9.90 Å². The molecule has 1 aliphatic heterocycles. The van der Waals surface area contributed by atoms with Gasteiger partial charge in [0.1, 0.15) is 0 Å². The van der Waals surface area contributed by atoms with Crippen molar-refractivity contribution in [1.82, 2.24) is 9.88 Å². The molecule has 4 nitrogen and oxygen atoms in total. The lowest BCUT2D eigenvalue weighted by Gasteiger charge is -2.24. The number of hydrogen-bond donors (Lipinski definition) is 1. The first-order chi connectivity index (χ1) is 10.7. The Hall–Kier alpha value is -1.94. The molecule has 1 amide bonds. The number of aryl methyl sites for hydroxylation is 1. The second-order valence-corrected chi connectivity index (χ2v) is 6.02. The summed E-state index contributed by atoms with van der Waals surface area (Å²) in [5.41, 5.74) is 2.64. The summed E-state index contributed by atoms with van der Waals surface area (Å²) in [6.45, 7) is 2.98. The normalized spacial score (nSPS) is 18.1. The van der Waals surface area contributed by atoms with Crippen molar-refractivity contribution in [1.29, 1.82) is 0 Å². The highest BCUT2D eigenvalue weighted by atomic mass is 16.3. The summed E-state index contributed by atoms with van der Waals surface area (Å²) in [4.78, 5) is 19.2. The third kappa shape index (κ3) is 2.97. The average molecular weight is 298 g/mol. The third-order valence-electron chi connectivity index (χ3n) is 4.41. The molecule has 22 heavy (non-hydrogen) atoms. The number of rotatable bonds is 4. The number of nitrogens with zero attached hydrogens (tertiary/aromatic N) is 2. The van der Waals surface area contributed by atoms with Crippen LogP contribution in [-0.2, 0) is 0 Å². The summed E-state index contributed by atoms with van der Waals surface area (Å²) in [5, 5.41) is 10.0. The van der Waals surface area contributed by atoms with Crippen LogP contribution < -0.4 is 0 Å². The lowest BCUT2D eigenvalue weighted by molar-refractivity contribution is 0.0724. The summed E-state index contributed by atoms with van der Waals surface area (Å²) in [6, 6.07) is 9.99.